The van der Waals surface area contributed by atoms with E-state index in [-0.39, 0.29) is 0 Å². The molecule has 62 valence electrons. The molecule has 2 nitrogen and oxygen atoms in total. The largest absolute Gasteiger partial charge is 0.385 e. The molecular weight excluding hydrogens is 228 g/mol. The molecule has 0 fully saturated rings. The van der Waals surface area contributed by atoms with Gasteiger partial charge in [0.05, 0.1) is 10.4 Å². The number of hydrogen-bond acceptors (Lipinski definition) is 3. The highest BCUT2D eigenvalue weighted by molar-refractivity contribution is 9.11. The van der Waals surface area contributed by atoms with Crippen molar-refractivity contribution in [2.45, 2.75) is 6.10 Å². The molecule has 0 radical (unpaired) electrons. The number of aliphatic hydroxyl groups is 1. The van der Waals surface area contributed by atoms with E-state index in [9.17, 15) is 5.11 Å². The fraction of sp³-hybridized carbons (Fsp3) is 0.429. The van der Waals surface area contributed by atoms with Crippen molar-refractivity contribution in [1.82, 2.24) is 0 Å². The van der Waals surface area contributed by atoms with Crippen LogP contribution < -0.4 is 0 Å². The summed E-state index contributed by atoms with van der Waals surface area (Å²) in [5, 5.41) is 9.40. The summed E-state index contributed by atoms with van der Waals surface area (Å²) in [4.78, 5) is 0.929. The average Bonchev–Trinajstić information content (AvgIpc) is 2.36. The van der Waals surface area contributed by atoms with E-state index in [1.807, 2.05) is 12.1 Å². The number of methoxy groups -OCH3 is 1. The number of rotatable bonds is 3. The van der Waals surface area contributed by atoms with Crippen molar-refractivity contribution in [1.29, 1.82) is 0 Å². The minimum atomic E-state index is -0.490. The van der Waals surface area contributed by atoms with Gasteiger partial charge >= 0.3 is 0 Å². The van der Waals surface area contributed by atoms with E-state index in [0.29, 0.717) is 6.61 Å². The Hall–Kier alpha value is 0.1000. The molecule has 1 rings (SSSR count). The van der Waals surface area contributed by atoms with E-state index in [0.717, 1.165) is 8.66 Å². The number of thiophene rings is 1. The molecule has 1 atom stereocenters. The molecule has 0 spiro atoms. The standard InChI is InChI=1S/C7H9BrO2S/c1-10-4-5(9)6-2-3-7(8)11-6/h2-3,5,9H,4H2,1H3. The Labute approximate surface area is 77.9 Å². The summed E-state index contributed by atoms with van der Waals surface area (Å²) < 4.78 is 5.84. The summed E-state index contributed by atoms with van der Waals surface area (Å²) in [6.07, 6.45) is -0.490. The van der Waals surface area contributed by atoms with Crippen LogP contribution in [0.1, 0.15) is 11.0 Å². The lowest BCUT2D eigenvalue weighted by Gasteiger charge is -2.04. The van der Waals surface area contributed by atoms with Gasteiger partial charge in [0.2, 0.25) is 0 Å². The van der Waals surface area contributed by atoms with Gasteiger partial charge in [0.15, 0.2) is 0 Å². The monoisotopic (exact) mass is 236 g/mol. The Morgan fingerprint density at radius 3 is 2.91 bits per heavy atom. The van der Waals surface area contributed by atoms with Crippen molar-refractivity contribution in [2.75, 3.05) is 13.7 Å². The van der Waals surface area contributed by atoms with Gasteiger partial charge in [0, 0.05) is 12.0 Å². The average molecular weight is 237 g/mol. The molecule has 0 aliphatic rings. The van der Waals surface area contributed by atoms with E-state index in [4.69, 9.17) is 4.74 Å². The van der Waals surface area contributed by atoms with Crippen molar-refractivity contribution >= 4 is 27.3 Å². The maximum atomic E-state index is 9.40. The lowest BCUT2D eigenvalue weighted by molar-refractivity contribution is 0.0666. The van der Waals surface area contributed by atoms with Crippen LogP contribution in [0.4, 0.5) is 0 Å². The van der Waals surface area contributed by atoms with Crippen LogP contribution >= 0.6 is 27.3 Å². The number of halogens is 1. The van der Waals surface area contributed by atoms with Gasteiger partial charge in [0.1, 0.15) is 6.10 Å². The molecular formula is C7H9BrO2S. The first kappa shape index (κ1) is 9.19. The molecule has 1 aromatic rings. The zero-order chi connectivity index (χ0) is 8.27. The molecule has 0 aliphatic carbocycles. The normalized spacial score (nSPS) is 13.4. The highest BCUT2D eigenvalue weighted by Gasteiger charge is 2.08. The maximum Gasteiger partial charge on any atom is 0.111 e. The van der Waals surface area contributed by atoms with Crippen LogP contribution in [0.15, 0.2) is 15.9 Å². The molecule has 0 saturated carbocycles. The summed E-state index contributed by atoms with van der Waals surface area (Å²) in [6, 6.07) is 3.80. The highest BCUT2D eigenvalue weighted by Crippen LogP contribution is 2.27. The second-order valence-corrected chi connectivity index (χ2v) is 4.61. The Bertz CT molecular complexity index is 224. The van der Waals surface area contributed by atoms with Crippen LogP contribution in [-0.4, -0.2) is 18.8 Å². The minimum absolute atomic E-state index is 0.354. The zero-order valence-electron chi connectivity index (χ0n) is 6.08. The predicted octanol–water partition coefficient (Wildman–Crippen LogP) is 2.19. The molecule has 0 aliphatic heterocycles. The van der Waals surface area contributed by atoms with E-state index in [2.05, 4.69) is 15.9 Å². The molecule has 1 N–H and O–H groups in total. The molecule has 4 heteroatoms. The van der Waals surface area contributed by atoms with Crippen molar-refractivity contribution in [3.8, 4) is 0 Å². The van der Waals surface area contributed by atoms with E-state index in [1.54, 1.807) is 7.11 Å². The Morgan fingerprint density at radius 1 is 1.73 bits per heavy atom. The van der Waals surface area contributed by atoms with Crippen LogP contribution in [0.25, 0.3) is 0 Å². The van der Waals surface area contributed by atoms with Crippen molar-refractivity contribution in [3.05, 3.63) is 20.8 Å². The Kier molecular flexibility index (Phi) is 3.51. The molecule has 1 unspecified atom stereocenters. The van der Waals surface area contributed by atoms with Crippen LogP contribution in [0.3, 0.4) is 0 Å². The molecule has 0 amide bonds. The fourth-order valence-corrected chi connectivity index (χ4v) is 2.14. The van der Waals surface area contributed by atoms with E-state index in [1.165, 1.54) is 11.3 Å². The summed E-state index contributed by atoms with van der Waals surface area (Å²) in [5.74, 6) is 0. The van der Waals surface area contributed by atoms with E-state index >= 15 is 0 Å². The highest BCUT2D eigenvalue weighted by atomic mass is 79.9. The first-order chi connectivity index (χ1) is 5.24. The lowest BCUT2D eigenvalue weighted by atomic mass is 10.3. The predicted molar refractivity (Wildman–Crippen MR) is 48.9 cm³/mol. The van der Waals surface area contributed by atoms with Gasteiger partial charge in [-0.05, 0) is 28.1 Å². The second-order valence-electron chi connectivity index (χ2n) is 2.11. The van der Waals surface area contributed by atoms with Gasteiger partial charge in [-0.25, -0.2) is 0 Å². The molecule has 1 aromatic heterocycles. The zero-order valence-corrected chi connectivity index (χ0v) is 8.48. The quantitative estimate of drug-likeness (QED) is 0.873. The first-order valence-electron chi connectivity index (χ1n) is 3.16. The van der Waals surface area contributed by atoms with Crippen LogP contribution in [0.5, 0.6) is 0 Å². The van der Waals surface area contributed by atoms with Crippen LogP contribution in [0.2, 0.25) is 0 Å². The van der Waals surface area contributed by atoms with Crippen LogP contribution in [-0.2, 0) is 4.74 Å². The van der Waals surface area contributed by atoms with Crippen LogP contribution in [0, 0.1) is 0 Å². The van der Waals surface area contributed by atoms with Gasteiger partial charge in [-0.1, -0.05) is 0 Å². The summed E-state index contributed by atoms with van der Waals surface area (Å²) in [7, 11) is 1.58. The topological polar surface area (TPSA) is 29.5 Å². The molecule has 0 saturated heterocycles. The SMILES string of the molecule is COCC(O)c1ccc(Br)s1. The second kappa shape index (κ2) is 4.21. The number of aliphatic hydroxyl groups excluding tert-OH is 1. The summed E-state index contributed by atoms with van der Waals surface area (Å²) in [5.41, 5.74) is 0. The van der Waals surface area contributed by atoms with Crippen molar-refractivity contribution < 1.29 is 9.84 Å². The minimum Gasteiger partial charge on any atom is -0.385 e. The van der Waals surface area contributed by atoms with E-state index < -0.39 is 6.10 Å². The first-order valence-corrected chi connectivity index (χ1v) is 4.77. The van der Waals surface area contributed by atoms with Gasteiger partial charge in [-0.15, -0.1) is 11.3 Å². The smallest absolute Gasteiger partial charge is 0.111 e. The van der Waals surface area contributed by atoms with Gasteiger partial charge in [-0.2, -0.15) is 0 Å². The van der Waals surface area contributed by atoms with Gasteiger partial charge in [-0.3, -0.25) is 0 Å². The van der Waals surface area contributed by atoms with Crippen molar-refractivity contribution in [3.63, 3.8) is 0 Å². The van der Waals surface area contributed by atoms with Gasteiger partial charge < -0.3 is 9.84 Å². The third kappa shape index (κ3) is 2.56. The molecule has 11 heavy (non-hydrogen) atoms. The molecule has 1 heterocycles. The van der Waals surface area contributed by atoms with Gasteiger partial charge in [0.25, 0.3) is 0 Å². The summed E-state index contributed by atoms with van der Waals surface area (Å²) >= 11 is 4.84. The molecule has 0 aromatic carbocycles. The Balaban J connectivity index is 2.60. The molecule has 0 bridgehead atoms. The lowest BCUT2D eigenvalue weighted by Crippen LogP contribution is -2.02. The summed E-state index contributed by atoms with van der Waals surface area (Å²) in [6.45, 7) is 0.354. The Morgan fingerprint density at radius 2 is 2.45 bits per heavy atom. The number of hydrogen-bond donors (Lipinski definition) is 1. The third-order valence-electron chi connectivity index (χ3n) is 1.25. The van der Waals surface area contributed by atoms with Crippen molar-refractivity contribution in [2.24, 2.45) is 0 Å². The maximum absolute atomic E-state index is 9.40. The fourth-order valence-electron chi connectivity index (χ4n) is 0.747. The number of ether oxygens (including phenoxy) is 1. The third-order valence-corrected chi connectivity index (χ3v) is 2.97.